The molecule has 0 unspecified atom stereocenters. The number of aromatic nitrogens is 1. The molecular formula is C16H23F3N2OS. The van der Waals surface area contributed by atoms with E-state index in [1.165, 1.54) is 6.07 Å². The normalized spacial score (nSPS) is 11.8. The number of unbranched alkanes of at least 4 members (excludes halogenated alkanes) is 2. The third kappa shape index (κ3) is 6.81. The van der Waals surface area contributed by atoms with Crippen LogP contribution in [0.2, 0.25) is 0 Å². The van der Waals surface area contributed by atoms with E-state index < -0.39 is 11.7 Å². The van der Waals surface area contributed by atoms with Crippen LogP contribution < -0.4 is 0 Å². The maximum absolute atomic E-state index is 12.5. The summed E-state index contributed by atoms with van der Waals surface area (Å²) in [7, 11) is 0. The molecule has 0 spiro atoms. The molecule has 1 aromatic heterocycles. The lowest BCUT2D eigenvalue weighted by Gasteiger charge is -2.26. The summed E-state index contributed by atoms with van der Waals surface area (Å²) in [6, 6.07) is 2.40. The molecule has 3 nitrogen and oxygen atoms in total. The fourth-order valence-electron chi connectivity index (χ4n) is 2.05. The van der Waals surface area contributed by atoms with Gasteiger partial charge in [0.15, 0.2) is 0 Å². The van der Waals surface area contributed by atoms with E-state index in [1.54, 1.807) is 0 Å². The zero-order valence-electron chi connectivity index (χ0n) is 13.7. The largest absolute Gasteiger partial charge is 0.417 e. The van der Waals surface area contributed by atoms with E-state index in [0.717, 1.165) is 43.3 Å². The summed E-state index contributed by atoms with van der Waals surface area (Å²) in [5.41, 5.74) is -0.781. The smallest absolute Gasteiger partial charge is 0.340 e. The standard InChI is InChI=1S/C16H23F3N2OS/c1-4-5-6-9-21(12(2)3)15(22)11-23-14-8-7-13(10-20-14)16(17,18)19/h7-8,10,12H,4-6,9,11H2,1-3H3. The fourth-order valence-corrected chi connectivity index (χ4v) is 2.78. The van der Waals surface area contributed by atoms with Crippen molar-refractivity contribution in [3.05, 3.63) is 23.9 Å². The van der Waals surface area contributed by atoms with Gasteiger partial charge in [-0.05, 0) is 32.4 Å². The minimum absolute atomic E-state index is 0.0113. The van der Waals surface area contributed by atoms with Gasteiger partial charge in [-0.1, -0.05) is 31.5 Å². The van der Waals surface area contributed by atoms with Gasteiger partial charge in [0.05, 0.1) is 16.3 Å². The third-order valence-electron chi connectivity index (χ3n) is 3.35. The maximum Gasteiger partial charge on any atom is 0.417 e. The summed E-state index contributed by atoms with van der Waals surface area (Å²) in [4.78, 5) is 17.9. The van der Waals surface area contributed by atoms with Gasteiger partial charge in [0, 0.05) is 18.8 Å². The molecule has 1 heterocycles. The number of carbonyl (C=O) groups is 1. The van der Waals surface area contributed by atoms with Crippen molar-refractivity contribution in [3.63, 3.8) is 0 Å². The van der Waals surface area contributed by atoms with Crippen LogP contribution in [-0.2, 0) is 11.0 Å². The lowest BCUT2D eigenvalue weighted by atomic mass is 10.2. The topological polar surface area (TPSA) is 33.2 Å². The summed E-state index contributed by atoms with van der Waals surface area (Å²) >= 11 is 1.16. The first-order chi connectivity index (χ1) is 10.8. The van der Waals surface area contributed by atoms with Crippen LogP contribution in [-0.4, -0.2) is 34.1 Å². The number of nitrogens with zero attached hydrogens (tertiary/aromatic N) is 2. The minimum atomic E-state index is -4.39. The summed E-state index contributed by atoms with van der Waals surface area (Å²) in [6.07, 6.45) is -0.466. The van der Waals surface area contributed by atoms with Crippen LogP contribution in [0.4, 0.5) is 13.2 Å². The predicted octanol–water partition coefficient (Wildman–Crippen LogP) is 4.62. The summed E-state index contributed by atoms with van der Waals surface area (Å²) in [5, 5.41) is 0.420. The SMILES string of the molecule is CCCCCN(C(=O)CSc1ccc(C(F)(F)F)cn1)C(C)C. The monoisotopic (exact) mass is 348 g/mol. The first-order valence-electron chi connectivity index (χ1n) is 7.71. The molecule has 23 heavy (non-hydrogen) atoms. The molecule has 1 aromatic rings. The van der Waals surface area contributed by atoms with Gasteiger partial charge >= 0.3 is 6.18 Å². The number of thioether (sulfide) groups is 1. The molecule has 0 aliphatic carbocycles. The van der Waals surface area contributed by atoms with Crippen molar-refractivity contribution < 1.29 is 18.0 Å². The Bertz CT molecular complexity index is 489. The van der Waals surface area contributed by atoms with Gasteiger partial charge in [0.1, 0.15) is 0 Å². The molecule has 130 valence electrons. The molecule has 0 saturated carbocycles. The Labute approximate surface area is 139 Å². The molecular weight excluding hydrogens is 325 g/mol. The molecule has 7 heteroatoms. The molecule has 0 aromatic carbocycles. The Hall–Kier alpha value is -1.24. The first kappa shape index (κ1) is 19.8. The zero-order valence-corrected chi connectivity index (χ0v) is 14.5. The number of halogens is 3. The second-order valence-corrected chi connectivity index (χ2v) is 6.56. The molecule has 0 saturated heterocycles. The highest BCUT2D eigenvalue weighted by Gasteiger charge is 2.30. The van der Waals surface area contributed by atoms with Crippen LogP contribution in [0.25, 0.3) is 0 Å². The molecule has 0 radical (unpaired) electrons. The number of alkyl halides is 3. The number of rotatable bonds is 8. The van der Waals surface area contributed by atoms with E-state index >= 15 is 0 Å². The van der Waals surface area contributed by atoms with Crippen molar-refractivity contribution in [1.29, 1.82) is 0 Å². The van der Waals surface area contributed by atoms with Crippen molar-refractivity contribution in [2.45, 2.75) is 57.3 Å². The minimum Gasteiger partial charge on any atom is -0.340 e. The van der Waals surface area contributed by atoms with E-state index in [-0.39, 0.29) is 17.7 Å². The van der Waals surface area contributed by atoms with Gasteiger partial charge in [-0.25, -0.2) is 4.98 Å². The summed E-state index contributed by atoms with van der Waals surface area (Å²) in [6.45, 7) is 6.74. The second kappa shape index (κ2) is 9.15. The van der Waals surface area contributed by atoms with Gasteiger partial charge in [-0.15, -0.1) is 0 Å². The van der Waals surface area contributed by atoms with Crippen molar-refractivity contribution in [1.82, 2.24) is 9.88 Å². The molecule has 0 bridgehead atoms. The fraction of sp³-hybridized carbons (Fsp3) is 0.625. The number of amides is 1. The summed E-state index contributed by atoms with van der Waals surface area (Å²) in [5.74, 6) is 0.172. The molecule has 0 aliphatic rings. The van der Waals surface area contributed by atoms with E-state index in [4.69, 9.17) is 0 Å². The van der Waals surface area contributed by atoms with Crippen LogP contribution in [0, 0.1) is 0 Å². The van der Waals surface area contributed by atoms with E-state index in [0.29, 0.717) is 11.6 Å². The lowest BCUT2D eigenvalue weighted by Crippen LogP contribution is -2.38. The van der Waals surface area contributed by atoms with Crippen LogP contribution in [0.1, 0.15) is 45.6 Å². The number of carbonyl (C=O) groups excluding carboxylic acids is 1. The second-order valence-electron chi connectivity index (χ2n) is 5.56. The number of hydrogen-bond donors (Lipinski definition) is 0. The highest BCUT2D eigenvalue weighted by atomic mass is 32.2. The van der Waals surface area contributed by atoms with Crippen molar-refractivity contribution in [2.75, 3.05) is 12.3 Å². The average molecular weight is 348 g/mol. The molecule has 0 atom stereocenters. The third-order valence-corrected chi connectivity index (χ3v) is 4.28. The Morgan fingerprint density at radius 3 is 2.48 bits per heavy atom. The quantitative estimate of drug-likeness (QED) is 0.508. The van der Waals surface area contributed by atoms with Crippen LogP contribution in [0.3, 0.4) is 0 Å². The van der Waals surface area contributed by atoms with Gasteiger partial charge in [0.25, 0.3) is 0 Å². The molecule has 1 amide bonds. The zero-order chi connectivity index (χ0) is 17.5. The van der Waals surface area contributed by atoms with E-state index in [1.807, 2.05) is 18.7 Å². The molecule has 0 aliphatic heterocycles. The lowest BCUT2D eigenvalue weighted by molar-refractivity contribution is -0.138. The van der Waals surface area contributed by atoms with Gasteiger partial charge in [0.2, 0.25) is 5.91 Å². The van der Waals surface area contributed by atoms with Gasteiger partial charge in [-0.2, -0.15) is 13.2 Å². The molecule has 0 fully saturated rings. The Kier molecular flexibility index (Phi) is 7.88. The Morgan fingerprint density at radius 1 is 1.30 bits per heavy atom. The average Bonchev–Trinajstić information content (AvgIpc) is 2.48. The first-order valence-corrected chi connectivity index (χ1v) is 8.69. The van der Waals surface area contributed by atoms with Crippen molar-refractivity contribution in [2.24, 2.45) is 0 Å². The van der Waals surface area contributed by atoms with E-state index in [2.05, 4.69) is 11.9 Å². The van der Waals surface area contributed by atoms with E-state index in [9.17, 15) is 18.0 Å². The number of pyridine rings is 1. The highest BCUT2D eigenvalue weighted by Crippen LogP contribution is 2.29. The highest BCUT2D eigenvalue weighted by molar-refractivity contribution is 7.99. The maximum atomic E-state index is 12.5. The van der Waals surface area contributed by atoms with Crippen molar-refractivity contribution >= 4 is 17.7 Å². The molecule has 1 rings (SSSR count). The van der Waals surface area contributed by atoms with Gasteiger partial charge in [-0.3, -0.25) is 4.79 Å². The van der Waals surface area contributed by atoms with Crippen LogP contribution >= 0.6 is 11.8 Å². The number of hydrogen-bond acceptors (Lipinski definition) is 3. The predicted molar refractivity (Wildman–Crippen MR) is 86.3 cm³/mol. The Morgan fingerprint density at radius 2 is 2.00 bits per heavy atom. The van der Waals surface area contributed by atoms with Crippen LogP contribution in [0.5, 0.6) is 0 Å². The van der Waals surface area contributed by atoms with Gasteiger partial charge < -0.3 is 4.90 Å². The van der Waals surface area contributed by atoms with Crippen LogP contribution in [0.15, 0.2) is 23.4 Å². The molecule has 0 N–H and O–H groups in total. The van der Waals surface area contributed by atoms with Crippen molar-refractivity contribution in [3.8, 4) is 0 Å². The Balaban J connectivity index is 2.56. The summed E-state index contributed by atoms with van der Waals surface area (Å²) < 4.78 is 37.4.